The molecule has 1 aromatic heterocycles. The molecule has 0 spiro atoms. The zero-order valence-corrected chi connectivity index (χ0v) is 18.0. The van der Waals surface area contributed by atoms with Crippen molar-refractivity contribution in [3.05, 3.63) is 107 Å². The van der Waals surface area contributed by atoms with E-state index in [1.54, 1.807) is 0 Å². The van der Waals surface area contributed by atoms with E-state index in [4.69, 9.17) is 19.5 Å². The highest BCUT2D eigenvalue weighted by Gasteiger charge is 2.20. The first kappa shape index (κ1) is 19.6. The van der Waals surface area contributed by atoms with Gasteiger partial charge >= 0.3 is 0 Å². The van der Waals surface area contributed by atoms with Crippen LogP contribution in [-0.4, -0.2) is 30.0 Å². The summed E-state index contributed by atoms with van der Waals surface area (Å²) >= 11 is 0. The van der Waals surface area contributed by atoms with Crippen LogP contribution in [0.1, 0.15) is 23.2 Å². The predicted octanol–water partition coefficient (Wildman–Crippen LogP) is 4.07. The number of ether oxygens (including phenoxy) is 2. The second kappa shape index (κ2) is 8.43. The molecule has 0 unspecified atom stereocenters. The van der Waals surface area contributed by atoms with E-state index < -0.39 is 0 Å². The fraction of sp³-hybridized carbons (Fsp3) is 0.143. The lowest BCUT2D eigenvalue weighted by Crippen LogP contribution is -2.14. The van der Waals surface area contributed by atoms with Gasteiger partial charge in [-0.05, 0) is 11.1 Å². The first-order valence-corrected chi connectivity index (χ1v) is 11.1. The van der Waals surface area contributed by atoms with Gasteiger partial charge < -0.3 is 14.5 Å². The number of nitrogens with zero attached hydrogens (tertiary/aromatic N) is 2. The second-order valence-corrected chi connectivity index (χ2v) is 8.20. The smallest absolute Gasteiger partial charge is 0.211 e. The molecule has 3 heterocycles. The zero-order chi connectivity index (χ0) is 22.0. The highest BCUT2D eigenvalue weighted by molar-refractivity contribution is 6.09. The van der Waals surface area contributed by atoms with Crippen molar-refractivity contribution in [3.8, 4) is 0 Å². The van der Waals surface area contributed by atoms with Gasteiger partial charge in [0.25, 0.3) is 0 Å². The Kier molecular flexibility index (Phi) is 5.00. The van der Waals surface area contributed by atoms with Gasteiger partial charge in [0.1, 0.15) is 25.3 Å². The minimum atomic E-state index is 0.0286. The van der Waals surface area contributed by atoms with E-state index in [9.17, 15) is 0 Å². The average Bonchev–Trinajstić information content (AvgIpc) is 3.61. The van der Waals surface area contributed by atoms with Crippen LogP contribution in [0.4, 0.5) is 0 Å². The van der Waals surface area contributed by atoms with Crippen molar-refractivity contribution < 1.29 is 9.47 Å². The Hall–Kier alpha value is -4.12. The summed E-state index contributed by atoms with van der Waals surface area (Å²) in [7, 11) is 0. The van der Waals surface area contributed by atoms with Crippen LogP contribution in [0.2, 0.25) is 0 Å². The molecule has 5 nitrogen and oxygen atoms in total. The number of aliphatic imine (C=N–C) groups is 2. The molecule has 2 atom stereocenters. The van der Waals surface area contributed by atoms with Gasteiger partial charge in [-0.3, -0.25) is 0 Å². The standard InChI is InChI=1S/C28H23N3O2/c1-3-9-19(10-4-1)25-17-32-27(30-25)15-23-21-13-7-8-14-22(21)24(29-23)16-28-31-26(18-33-28)20-11-5-2-6-12-20/h1-16,25-26,29H,17-18H2/b23-15-,24-16+/t25-,26-/m0/s1. The van der Waals surface area contributed by atoms with Crippen molar-refractivity contribution in [1.29, 1.82) is 0 Å². The highest BCUT2D eigenvalue weighted by atomic mass is 16.5. The molecule has 2 aliphatic heterocycles. The van der Waals surface area contributed by atoms with Gasteiger partial charge in [-0.25, -0.2) is 9.98 Å². The van der Waals surface area contributed by atoms with Gasteiger partial charge in [0, 0.05) is 22.9 Å². The third kappa shape index (κ3) is 3.94. The van der Waals surface area contributed by atoms with Gasteiger partial charge in [-0.2, -0.15) is 0 Å². The lowest BCUT2D eigenvalue weighted by molar-refractivity contribution is 0.323. The van der Waals surface area contributed by atoms with Crippen LogP contribution in [-0.2, 0) is 9.47 Å². The van der Waals surface area contributed by atoms with Crippen molar-refractivity contribution >= 4 is 34.7 Å². The summed E-state index contributed by atoms with van der Waals surface area (Å²) in [5.41, 5.74) is 2.33. The number of benzene rings is 3. The van der Waals surface area contributed by atoms with Crippen LogP contribution < -0.4 is 10.7 Å². The number of aromatic amines is 1. The lowest BCUT2D eigenvalue weighted by atomic mass is 10.1. The Balaban J connectivity index is 1.37. The quantitative estimate of drug-likeness (QED) is 0.528. The van der Waals surface area contributed by atoms with Gasteiger partial charge in [0.15, 0.2) is 0 Å². The predicted molar refractivity (Wildman–Crippen MR) is 132 cm³/mol. The molecule has 2 aliphatic rings. The van der Waals surface area contributed by atoms with Crippen molar-refractivity contribution in [2.75, 3.05) is 13.2 Å². The summed E-state index contributed by atoms with van der Waals surface area (Å²) in [4.78, 5) is 13.1. The van der Waals surface area contributed by atoms with Crippen molar-refractivity contribution in [2.24, 2.45) is 9.98 Å². The van der Waals surface area contributed by atoms with E-state index in [0.29, 0.717) is 25.0 Å². The van der Waals surface area contributed by atoms with Crippen LogP contribution in [0.5, 0.6) is 0 Å². The number of hydrogen-bond donors (Lipinski definition) is 1. The lowest BCUT2D eigenvalue weighted by Gasteiger charge is -2.03. The summed E-state index contributed by atoms with van der Waals surface area (Å²) in [6.07, 6.45) is 3.96. The molecule has 0 amide bonds. The Bertz CT molecular complexity index is 1360. The topological polar surface area (TPSA) is 59.0 Å². The minimum Gasteiger partial charge on any atom is -0.475 e. The van der Waals surface area contributed by atoms with Gasteiger partial charge in [0.2, 0.25) is 11.8 Å². The molecule has 3 aromatic carbocycles. The molecule has 4 aromatic rings. The molecule has 162 valence electrons. The maximum Gasteiger partial charge on any atom is 0.211 e. The molecule has 6 rings (SSSR count). The largest absolute Gasteiger partial charge is 0.475 e. The van der Waals surface area contributed by atoms with E-state index in [-0.39, 0.29) is 12.1 Å². The summed E-state index contributed by atoms with van der Waals surface area (Å²) in [5.74, 6) is 1.28. The van der Waals surface area contributed by atoms with Crippen LogP contribution in [0.25, 0.3) is 22.9 Å². The van der Waals surface area contributed by atoms with Gasteiger partial charge in [-0.1, -0.05) is 84.9 Å². The van der Waals surface area contributed by atoms with E-state index in [0.717, 1.165) is 32.6 Å². The number of fused-ring (bicyclic) bond motifs is 1. The van der Waals surface area contributed by atoms with E-state index >= 15 is 0 Å². The molecule has 33 heavy (non-hydrogen) atoms. The van der Waals surface area contributed by atoms with E-state index in [1.165, 1.54) is 0 Å². The van der Waals surface area contributed by atoms with Crippen LogP contribution in [0.15, 0.2) is 94.9 Å². The molecule has 0 fully saturated rings. The van der Waals surface area contributed by atoms with E-state index in [1.807, 2.05) is 60.7 Å². The normalized spacial score (nSPS) is 21.1. The summed E-state index contributed by atoms with van der Waals surface area (Å²) in [6, 6.07) is 28.8. The third-order valence-corrected chi connectivity index (χ3v) is 6.03. The summed E-state index contributed by atoms with van der Waals surface area (Å²) in [5, 5.41) is 4.14. The molecular weight excluding hydrogens is 410 g/mol. The Morgan fingerprint density at radius 2 is 1.03 bits per heavy atom. The first-order chi connectivity index (χ1) is 16.3. The van der Waals surface area contributed by atoms with Crippen molar-refractivity contribution in [3.63, 3.8) is 0 Å². The molecule has 1 N–H and O–H groups in total. The Morgan fingerprint density at radius 3 is 1.48 bits per heavy atom. The van der Waals surface area contributed by atoms with Crippen LogP contribution >= 0.6 is 0 Å². The van der Waals surface area contributed by atoms with E-state index in [2.05, 4.69) is 41.4 Å². The summed E-state index contributed by atoms with van der Waals surface area (Å²) in [6.45, 7) is 1.11. The number of aromatic nitrogens is 1. The summed E-state index contributed by atoms with van der Waals surface area (Å²) < 4.78 is 11.8. The molecule has 0 bridgehead atoms. The van der Waals surface area contributed by atoms with Gasteiger partial charge in [-0.15, -0.1) is 0 Å². The maximum atomic E-state index is 5.89. The Morgan fingerprint density at radius 1 is 0.606 bits per heavy atom. The number of hydrogen-bond acceptors (Lipinski definition) is 4. The Labute approximate surface area is 191 Å². The highest BCUT2D eigenvalue weighted by Crippen LogP contribution is 2.24. The minimum absolute atomic E-state index is 0.0286. The molecule has 0 aliphatic carbocycles. The molecule has 5 heteroatoms. The maximum absolute atomic E-state index is 5.89. The van der Waals surface area contributed by atoms with Crippen molar-refractivity contribution in [1.82, 2.24) is 4.98 Å². The second-order valence-electron chi connectivity index (χ2n) is 8.20. The molecule has 0 radical (unpaired) electrons. The van der Waals surface area contributed by atoms with Crippen LogP contribution in [0, 0.1) is 0 Å². The monoisotopic (exact) mass is 433 g/mol. The first-order valence-electron chi connectivity index (χ1n) is 11.1. The van der Waals surface area contributed by atoms with Gasteiger partial charge in [0.05, 0.1) is 10.7 Å². The molecule has 0 saturated heterocycles. The molecule has 0 saturated carbocycles. The average molecular weight is 434 g/mol. The fourth-order valence-corrected chi connectivity index (χ4v) is 4.34. The SMILES string of the molecule is C(/C1=N[C@H](c2ccccc2)CO1)=c1/[nH]/c(=C/C2=N[C@H](c3ccccc3)CO2)c2ccccc12. The van der Waals surface area contributed by atoms with Crippen molar-refractivity contribution in [2.45, 2.75) is 12.1 Å². The number of rotatable bonds is 4. The zero-order valence-electron chi connectivity index (χ0n) is 18.0. The van der Waals surface area contributed by atoms with Crippen LogP contribution in [0.3, 0.4) is 0 Å². The third-order valence-electron chi connectivity index (χ3n) is 6.03. The number of H-pyrrole nitrogens is 1. The fourth-order valence-electron chi connectivity index (χ4n) is 4.34. The number of nitrogens with one attached hydrogen (secondary N) is 1. The molecular formula is C28H23N3O2.